The van der Waals surface area contributed by atoms with Crippen molar-refractivity contribution in [2.24, 2.45) is 0 Å². The number of nitrogens with one attached hydrogen (secondary N) is 1. The predicted molar refractivity (Wildman–Crippen MR) is 148 cm³/mol. The lowest BCUT2D eigenvalue weighted by atomic mass is 10.1. The van der Waals surface area contributed by atoms with Gasteiger partial charge in [0.15, 0.2) is 11.5 Å². The number of nitrogens with two attached hydrogens (primary N) is 1. The minimum Gasteiger partial charge on any atom is -0.469 e. The number of H-pyrrole nitrogens is 1. The van der Waals surface area contributed by atoms with E-state index < -0.39 is 0 Å². The third-order valence-electron chi connectivity index (χ3n) is 5.98. The first kappa shape index (κ1) is 29.0. The summed E-state index contributed by atoms with van der Waals surface area (Å²) in [6.07, 6.45) is 4.89. The summed E-state index contributed by atoms with van der Waals surface area (Å²) in [4.78, 5) is 50.4. The van der Waals surface area contributed by atoms with E-state index in [2.05, 4.69) is 21.9 Å². The number of methoxy groups -OCH3 is 1. The van der Waals surface area contributed by atoms with Gasteiger partial charge in [-0.3, -0.25) is 14.2 Å². The Labute approximate surface area is 226 Å². The fourth-order valence-electron chi connectivity index (χ4n) is 3.97. The minimum atomic E-state index is -0.345. The van der Waals surface area contributed by atoms with Crippen molar-refractivity contribution in [3.8, 4) is 6.01 Å². The second kappa shape index (κ2) is 14.4. The molecule has 11 nitrogen and oxygen atoms in total. The van der Waals surface area contributed by atoms with Crippen LogP contribution >= 0.6 is 11.8 Å². The van der Waals surface area contributed by atoms with E-state index in [-0.39, 0.29) is 35.8 Å². The molecular weight excluding hydrogens is 508 g/mol. The Balaban J connectivity index is 1.74. The quantitative estimate of drug-likeness (QED) is 0.218. The predicted octanol–water partition coefficient (Wildman–Crippen LogP) is 2.77. The molecule has 0 saturated heterocycles. The van der Waals surface area contributed by atoms with Crippen LogP contribution in [0.3, 0.4) is 0 Å². The van der Waals surface area contributed by atoms with Crippen LogP contribution in [0, 0.1) is 0 Å². The summed E-state index contributed by atoms with van der Waals surface area (Å²) in [6.45, 7) is 3.69. The zero-order valence-electron chi connectivity index (χ0n) is 22.2. The van der Waals surface area contributed by atoms with Crippen LogP contribution in [0.4, 0.5) is 5.82 Å². The molecule has 0 unspecified atom stereocenters. The van der Waals surface area contributed by atoms with E-state index >= 15 is 0 Å². The van der Waals surface area contributed by atoms with Gasteiger partial charge in [-0.1, -0.05) is 37.6 Å². The molecule has 2 aromatic heterocycles. The molecule has 12 heteroatoms. The second-order valence-corrected chi connectivity index (χ2v) is 9.84. The summed E-state index contributed by atoms with van der Waals surface area (Å²) in [5, 5.41) is 0. The molecule has 0 aliphatic carbocycles. The molecule has 3 N–H and O–H groups in total. The normalized spacial score (nSPS) is 11.0. The zero-order valence-corrected chi connectivity index (χ0v) is 23.0. The number of carbonyl (C=O) groups is 2. The van der Waals surface area contributed by atoms with Gasteiger partial charge in [-0.05, 0) is 30.2 Å². The number of ether oxygens (including phenoxy) is 2. The van der Waals surface area contributed by atoms with Crippen LogP contribution in [-0.4, -0.2) is 68.6 Å². The third kappa shape index (κ3) is 7.98. The summed E-state index contributed by atoms with van der Waals surface area (Å²) in [5.41, 5.74) is 8.19. The maximum absolute atomic E-state index is 13.0. The molecule has 0 fully saturated rings. The van der Waals surface area contributed by atoms with Crippen molar-refractivity contribution in [2.75, 3.05) is 38.0 Å². The van der Waals surface area contributed by atoms with Crippen LogP contribution < -0.4 is 16.2 Å². The molecule has 38 heavy (non-hydrogen) atoms. The largest absolute Gasteiger partial charge is 0.469 e. The lowest BCUT2D eigenvalue weighted by Crippen LogP contribution is -2.33. The maximum atomic E-state index is 13.0. The van der Waals surface area contributed by atoms with Gasteiger partial charge in [-0.2, -0.15) is 21.7 Å². The molecule has 1 amide bonds. The van der Waals surface area contributed by atoms with Gasteiger partial charge >= 0.3 is 17.7 Å². The number of fused-ring (bicyclic) bond motifs is 1. The van der Waals surface area contributed by atoms with Gasteiger partial charge in [0.2, 0.25) is 5.91 Å². The fraction of sp³-hybridized carbons (Fsp3) is 0.500. The number of hydrogen-bond acceptors (Lipinski definition) is 9. The Kier molecular flexibility index (Phi) is 11.0. The molecule has 0 radical (unpaired) electrons. The van der Waals surface area contributed by atoms with Crippen LogP contribution in [0.25, 0.3) is 11.2 Å². The van der Waals surface area contributed by atoms with E-state index in [4.69, 9.17) is 15.2 Å². The van der Waals surface area contributed by atoms with Gasteiger partial charge in [-0.25, -0.2) is 4.79 Å². The molecule has 0 spiro atoms. The van der Waals surface area contributed by atoms with E-state index in [9.17, 15) is 14.4 Å². The Hall–Kier alpha value is -3.54. The van der Waals surface area contributed by atoms with E-state index in [0.717, 1.165) is 29.7 Å². The maximum Gasteiger partial charge on any atom is 0.327 e. The Morgan fingerprint density at radius 3 is 2.74 bits per heavy atom. The molecule has 0 atom stereocenters. The number of unbranched alkanes of at least 4 members (excludes halogenated alkanes) is 1. The molecule has 0 aliphatic heterocycles. The summed E-state index contributed by atoms with van der Waals surface area (Å²) >= 11 is 1.61. The molecule has 0 saturated carbocycles. The van der Waals surface area contributed by atoms with Crippen molar-refractivity contribution in [1.82, 2.24) is 24.4 Å². The van der Waals surface area contributed by atoms with E-state index in [0.29, 0.717) is 50.2 Å². The minimum absolute atomic E-state index is 0.0298. The molecule has 3 aromatic rings. The van der Waals surface area contributed by atoms with Gasteiger partial charge in [0.25, 0.3) is 0 Å². The monoisotopic (exact) mass is 544 g/mol. The molecule has 0 bridgehead atoms. The summed E-state index contributed by atoms with van der Waals surface area (Å²) in [5.74, 6) is 0.583. The van der Waals surface area contributed by atoms with Crippen LogP contribution in [0.2, 0.25) is 0 Å². The Morgan fingerprint density at radius 2 is 2.00 bits per heavy atom. The van der Waals surface area contributed by atoms with Crippen LogP contribution in [0.1, 0.15) is 43.7 Å². The molecular formula is C26H36N6O5S. The average molecular weight is 545 g/mol. The van der Waals surface area contributed by atoms with E-state index in [1.165, 1.54) is 11.7 Å². The topological polar surface area (TPSA) is 145 Å². The van der Waals surface area contributed by atoms with Gasteiger partial charge in [0.1, 0.15) is 5.52 Å². The highest BCUT2D eigenvalue weighted by atomic mass is 32.2. The number of rotatable bonds is 15. The summed E-state index contributed by atoms with van der Waals surface area (Å²) < 4.78 is 11.9. The van der Waals surface area contributed by atoms with Gasteiger partial charge in [0.05, 0.1) is 20.1 Å². The lowest BCUT2D eigenvalue weighted by molar-refractivity contribution is -0.139. The van der Waals surface area contributed by atoms with Crippen LogP contribution in [0.5, 0.6) is 6.01 Å². The number of anilines is 1. The molecule has 3 rings (SSSR count). The SMILES string of the molecule is CCCCOc1nc(N)c2[nH]c(=O)n(CCCN(Cc3cccc(CC(=O)OC)c3)C(=O)CCSC)c2n1. The van der Waals surface area contributed by atoms with E-state index in [1.54, 1.807) is 16.7 Å². The number of aromatic nitrogens is 4. The van der Waals surface area contributed by atoms with Crippen LogP contribution in [0.15, 0.2) is 29.1 Å². The number of thioether (sulfide) groups is 1. The fourth-order valence-corrected chi connectivity index (χ4v) is 4.35. The smallest absolute Gasteiger partial charge is 0.327 e. The van der Waals surface area contributed by atoms with Crippen molar-refractivity contribution in [1.29, 1.82) is 0 Å². The van der Waals surface area contributed by atoms with Crippen LogP contribution in [-0.2, 0) is 33.8 Å². The van der Waals surface area contributed by atoms with E-state index in [1.807, 2.05) is 30.5 Å². The van der Waals surface area contributed by atoms with Crippen molar-refractivity contribution in [3.05, 3.63) is 45.9 Å². The number of aromatic amines is 1. The number of hydrogen-bond donors (Lipinski definition) is 2. The number of imidazole rings is 1. The highest BCUT2D eigenvalue weighted by molar-refractivity contribution is 7.98. The Morgan fingerprint density at radius 1 is 1.21 bits per heavy atom. The zero-order chi connectivity index (χ0) is 27.5. The average Bonchev–Trinajstić information content (AvgIpc) is 3.22. The first-order chi connectivity index (χ1) is 18.4. The van der Waals surface area contributed by atoms with Crippen molar-refractivity contribution in [3.63, 3.8) is 0 Å². The number of nitrogens with zero attached hydrogens (tertiary/aromatic N) is 4. The number of nitrogen functional groups attached to an aromatic ring is 1. The second-order valence-electron chi connectivity index (χ2n) is 8.86. The number of carbonyl (C=O) groups excluding carboxylic acids is 2. The number of aryl methyl sites for hydroxylation is 1. The van der Waals surface area contributed by atoms with Gasteiger partial charge < -0.3 is 25.1 Å². The standard InChI is InChI=1S/C26H36N6O5S/c1-4-5-13-37-25-29-23(27)22-24(30-25)32(26(35)28-22)12-7-11-31(20(33)10-14-38-3)17-19-9-6-8-18(15-19)16-21(34)36-2/h6,8-9,15H,4-5,7,10-14,16-17H2,1-3H3,(H,28,35)(H2,27,29,30). The summed E-state index contributed by atoms with van der Waals surface area (Å²) in [6, 6.07) is 7.71. The molecule has 1 aromatic carbocycles. The first-order valence-electron chi connectivity index (χ1n) is 12.7. The lowest BCUT2D eigenvalue weighted by Gasteiger charge is -2.23. The van der Waals surface area contributed by atoms with Gasteiger partial charge in [-0.15, -0.1) is 0 Å². The first-order valence-corrected chi connectivity index (χ1v) is 14.1. The number of benzene rings is 1. The molecule has 0 aliphatic rings. The molecule has 206 valence electrons. The number of amides is 1. The highest BCUT2D eigenvalue weighted by Crippen LogP contribution is 2.18. The number of esters is 1. The summed E-state index contributed by atoms with van der Waals surface area (Å²) in [7, 11) is 1.36. The highest BCUT2D eigenvalue weighted by Gasteiger charge is 2.17. The van der Waals surface area contributed by atoms with Crippen molar-refractivity contribution < 1.29 is 19.1 Å². The molecule has 2 heterocycles. The Bertz CT molecular complexity index is 1290. The third-order valence-corrected chi connectivity index (χ3v) is 6.60. The van der Waals surface area contributed by atoms with Gasteiger partial charge in [0, 0.05) is 31.8 Å². The van der Waals surface area contributed by atoms with Crippen molar-refractivity contribution >= 4 is 40.6 Å². The van der Waals surface area contributed by atoms with Crippen molar-refractivity contribution in [2.45, 2.75) is 52.1 Å².